The van der Waals surface area contributed by atoms with E-state index in [0.29, 0.717) is 16.5 Å². The van der Waals surface area contributed by atoms with Crippen molar-refractivity contribution in [3.05, 3.63) is 0 Å². The van der Waals surface area contributed by atoms with Crippen LogP contribution in [0.4, 0.5) is 0 Å². The Labute approximate surface area is 212 Å². The highest BCUT2D eigenvalue weighted by Gasteiger charge is 2.38. The van der Waals surface area contributed by atoms with E-state index in [1.165, 1.54) is 90.8 Å². The quantitative estimate of drug-likeness (QED) is 0.413. The van der Waals surface area contributed by atoms with E-state index in [0.717, 1.165) is 25.3 Å². The summed E-state index contributed by atoms with van der Waals surface area (Å²) in [6.07, 6.45) is 9.34. The largest absolute Gasteiger partial charge is 0.380 e. The van der Waals surface area contributed by atoms with Gasteiger partial charge in [-0.1, -0.05) is 13.3 Å². The second kappa shape index (κ2) is 11.9. The van der Waals surface area contributed by atoms with Crippen LogP contribution in [0.1, 0.15) is 93.4 Å². The summed E-state index contributed by atoms with van der Waals surface area (Å²) in [4.78, 5) is 10.9. The normalized spacial score (nSPS) is 24.2. The van der Waals surface area contributed by atoms with E-state index in [1.807, 2.05) is 0 Å². The lowest BCUT2D eigenvalue weighted by molar-refractivity contribution is -0.121. The lowest BCUT2D eigenvalue weighted by atomic mass is 9.86. The molecular formula is C29H58N4O. The fourth-order valence-electron chi connectivity index (χ4n) is 6.34. The minimum Gasteiger partial charge on any atom is -0.380 e. The first-order valence-electron chi connectivity index (χ1n) is 14.4. The molecule has 3 aliphatic heterocycles. The van der Waals surface area contributed by atoms with Crippen molar-refractivity contribution in [2.45, 2.75) is 117 Å². The number of hydrogen-bond acceptors (Lipinski definition) is 5. The molecule has 200 valence electrons. The third kappa shape index (κ3) is 8.16. The molecule has 0 amide bonds. The number of nitrogens with zero attached hydrogens (tertiary/aromatic N) is 4. The predicted molar refractivity (Wildman–Crippen MR) is 146 cm³/mol. The molecule has 34 heavy (non-hydrogen) atoms. The third-order valence-corrected chi connectivity index (χ3v) is 8.91. The Bertz CT molecular complexity index is 590. The summed E-state index contributed by atoms with van der Waals surface area (Å²) in [6, 6.07) is 1.54. The highest BCUT2D eigenvalue weighted by atomic mass is 16.5. The molecule has 0 N–H and O–H groups in total. The molecule has 0 spiro atoms. The van der Waals surface area contributed by atoms with Crippen LogP contribution in [0.15, 0.2) is 0 Å². The van der Waals surface area contributed by atoms with Gasteiger partial charge in [0.15, 0.2) is 0 Å². The van der Waals surface area contributed by atoms with Crippen molar-refractivity contribution in [3.8, 4) is 0 Å². The number of unbranched alkanes of at least 4 members (excludes halogenated alkanes) is 2. The van der Waals surface area contributed by atoms with Crippen molar-refractivity contribution in [2.75, 3.05) is 66.1 Å². The van der Waals surface area contributed by atoms with Crippen LogP contribution in [0, 0.1) is 5.41 Å². The molecule has 5 heteroatoms. The second-order valence-corrected chi connectivity index (χ2v) is 14.1. The van der Waals surface area contributed by atoms with Crippen molar-refractivity contribution in [2.24, 2.45) is 5.41 Å². The molecule has 0 bridgehead atoms. The standard InChI is InChI=1S/C29H58N4O/c1-27(2,3)32-18-12-25(13-19-32)30(8)16-10-9-11-17-31(22-29(7)23-34-24-29)26-14-20-33(21-15-26)28(4,5)6/h25-26H,9-24H2,1-8H3. The van der Waals surface area contributed by atoms with Crippen LogP contribution >= 0.6 is 0 Å². The summed E-state index contributed by atoms with van der Waals surface area (Å²) in [6.45, 7) is 27.2. The fraction of sp³-hybridized carbons (Fsp3) is 1.00. The van der Waals surface area contributed by atoms with Gasteiger partial charge in [0, 0.05) is 61.3 Å². The van der Waals surface area contributed by atoms with Crippen molar-refractivity contribution in [1.29, 1.82) is 0 Å². The number of rotatable bonds is 10. The van der Waals surface area contributed by atoms with Gasteiger partial charge < -0.3 is 9.64 Å². The lowest BCUT2D eigenvalue weighted by Gasteiger charge is -2.48. The maximum absolute atomic E-state index is 5.60. The molecule has 0 aromatic carbocycles. The van der Waals surface area contributed by atoms with Crippen LogP contribution in [-0.2, 0) is 4.74 Å². The molecule has 3 saturated heterocycles. The summed E-state index contributed by atoms with van der Waals surface area (Å²) in [7, 11) is 2.37. The predicted octanol–water partition coefficient (Wildman–Crippen LogP) is 4.95. The van der Waals surface area contributed by atoms with Crippen LogP contribution in [-0.4, -0.2) is 109 Å². The molecule has 0 saturated carbocycles. The minimum atomic E-state index is 0.305. The number of ether oxygens (including phenoxy) is 1. The third-order valence-electron chi connectivity index (χ3n) is 8.91. The Balaban J connectivity index is 1.38. The van der Waals surface area contributed by atoms with Gasteiger partial charge in [0.1, 0.15) is 0 Å². The van der Waals surface area contributed by atoms with Crippen LogP contribution in [0.5, 0.6) is 0 Å². The zero-order valence-corrected chi connectivity index (χ0v) is 24.2. The molecular weight excluding hydrogens is 420 g/mol. The summed E-state index contributed by atoms with van der Waals surface area (Å²) in [5, 5.41) is 0. The van der Waals surface area contributed by atoms with Gasteiger partial charge in [-0.15, -0.1) is 0 Å². The molecule has 0 aromatic heterocycles. The zero-order valence-electron chi connectivity index (χ0n) is 24.2. The molecule has 3 aliphatic rings. The SMILES string of the molecule is CN(CCCCCN(CC1(C)COC1)C1CCN(C(C)(C)C)CC1)C1CCN(C(C)(C)C)CC1. The maximum atomic E-state index is 5.60. The summed E-state index contributed by atoms with van der Waals surface area (Å²) < 4.78 is 5.60. The molecule has 3 fully saturated rings. The van der Waals surface area contributed by atoms with Crippen LogP contribution in [0.25, 0.3) is 0 Å². The molecule has 3 heterocycles. The summed E-state index contributed by atoms with van der Waals surface area (Å²) in [5.74, 6) is 0. The van der Waals surface area contributed by atoms with E-state index in [-0.39, 0.29) is 0 Å². The number of piperidine rings is 2. The molecule has 0 radical (unpaired) electrons. The van der Waals surface area contributed by atoms with E-state index >= 15 is 0 Å². The van der Waals surface area contributed by atoms with Crippen molar-refractivity contribution >= 4 is 0 Å². The van der Waals surface area contributed by atoms with Gasteiger partial charge in [-0.3, -0.25) is 14.7 Å². The van der Waals surface area contributed by atoms with Gasteiger partial charge >= 0.3 is 0 Å². The molecule has 0 unspecified atom stereocenters. The number of hydrogen-bond donors (Lipinski definition) is 0. The molecule has 0 aromatic rings. The summed E-state index contributed by atoms with van der Waals surface area (Å²) >= 11 is 0. The Morgan fingerprint density at radius 2 is 1.21 bits per heavy atom. The maximum Gasteiger partial charge on any atom is 0.0554 e. The van der Waals surface area contributed by atoms with Gasteiger partial charge in [-0.05, 0) is 100 Å². The van der Waals surface area contributed by atoms with Crippen LogP contribution < -0.4 is 0 Å². The van der Waals surface area contributed by atoms with Crippen LogP contribution in [0.2, 0.25) is 0 Å². The molecule has 0 atom stereocenters. The van der Waals surface area contributed by atoms with Crippen molar-refractivity contribution in [3.63, 3.8) is 0 Å². The molecule has 0 aliphatic carbocycles. The van der Waals surface area contributed by atoms with Gasteiger partial charge in [-0.25, -0.2) is 0 Å². The average molecular weight is 479 g/mol. The Morgan fingerprint density at radius 3 is 1.65 bits per heavy atom. The monoisotopic (exact) mass is 478 g/mol. The topological polar surface area (TPSA) is 22.2 Å². The highest BCUT2D eigenvalue weighted by molar-refractivity contribution is 4.90. The first-order valence-corrected chi connectivity index (χ1v) is 14.4. The molecule has 3 rings (SSSR count). The van der Waals surface area contributed by atoms with Crippen molar-refractivity contribution in [1.82, 2.24) is 19.6 Å². The van der Waals surface area contributed by atoms with Crippen LogP contribution in [0.3, 0.4) is 0 Å². The van der Waals surface area contributed by atoms with E-state index in [2.05, 4.69) is 75.1 Å². The first kappa shape index (κ1) is 28.4. The number of likely N-dealkylation sites (tertiary alicyclic amines) is 2. The minimum absolute atomic E-state index is 0.305. The van der Waals surface area contributed by atoms with Gasteiger partial charge in [0.2, 0.25) is 0 Å². The second-order valence-electron chi connectivity index (χ2n) is 14.1. The van der Waals surface area contributed by atoms with E-state index < -0.39 is 0 Å². The summed E-state index contributed by atoms with van der Waals surface area (Å²) in [5.41, 5.74) is 1.00. The Morgan fingerprint density at radius 1 is 0.735 bits per heavy atom. The van der Waals surface area contributed by atoms with Gasteiger partial charge in [0.25, 0.3) is 0 Å². The fourth-order valence-corrected chi connectivity index (χ4v) is 6.34. The smallest absolute Gasteiger partial charge is 0.0554 e. The van der Waals surface area contributed by atoms with Gasteiger partial charge in [0.05, 0.1) is 13.2 Å². The van der Waals surface area contributed by atoms with E-state index in [1.54, 1.807) is 0 Å². The highest BCUT2D eigenvalue weighted by Crippen LogP contribution is 2.31. The first-order chi connectivity index (χ1) is 15.9. The Kier molecular flexibility index (Phi) is 9.93. The Hall–Kier alpha value is -0.200. The van der Waals surface area contributed by atoms with E-state index in [9.17, 15) is 0 Å². The average Bonchev–Trinajstić information content (AvgIpc) is 2.75. The van der Waals surface area contributed by atoms with Crippen molar-refractivity contribution < 1.29 is 4.74 Å². The van der Waals surface area contributed by atoms with E-state index in [4.69, 9.17) is 4.74 Å². The zero-order chi connectivity index (χ0) is 25.0. The lowest BCUT2D eigenvalue weighted by Crippen LogP contribution is -2.55. The van der Waals surface area contributed by atoms with Gasteiger partial charge in [-0.2, -0.15) is 0 Å². The molecule has 5 nitrogen and oxygen atoms in total.